The molecule has 0 aliphatic heterocycles. The minimum atomic E-state index is -0.200. The van der Waals surface area contributed by atoms with Gasteiger partial charge in [-0.15, -0.1) is 11.3 Å². The summed E-state index contributed by atoms with van der Waals surface area (Å²) in [4.78, 5) is 0.995. The van der Waals surface area contributed by atoms with E-state index >= 15 is 0 Å². The van der Waals surface area contributed by atoms with Crippen LogP contribution in [-0.4, -0.2) is 5.21 Å². The summed E-state index contributed by atoms with van der Waals surface area (Å²) in [5.41, 5.74) is 1.07. The highest BCUT2D eigenvalue weighted by Gasteiger charge is 2.09. The van der Waals surface area contributed by atoms with Gasteiger partial charge in [-0.1, -0.05) is 12.1 Å². The van der Waals surface area contributed by atoms with Gasteiger partial charge in [-0.2, -0.15) is 5.26 Å². The Bertz CT molecular complexity index is 602. The Kier molecular flexibility index (Phi) is 3.48. The molecule has 18 heavy (non-hydrogen) atoms. The fraction of sp³-hybridized carbons (Fsp3) is 0.0833. The summed E-state index contributed by atoms with van der Waals surface area (Å²) in [7, 11) is 0. The Morgan fingerprint density at radius 3 is 2.83 bits per heavy atom. The van der Waals surface area contributed by atoms with Crippen molar-refractivity contribution in [2.24, 2.45) is 0 Å². The Morgan fingerprint density at radius 1 is 1.44 bits per heavy atom. The van der Waals surface area contributed by atoms with Crippen LogP contribution in [0.4, 0.5) is 16.4 Å². The van der Waals surface area contributed by atoms with E-state index < -0.39 is 0 Å². The van der Waals surface area contributed by atoms with Crippen molar-refractivity contribution in [2.75, 3.05) is 10.5 Å². The first kappa shape index (κ1) is 12.4. The number of nitriles is 1. The molecule has 0 amide bonds. The Labute approximate surface area is 108 Å². The van der Waals surface area contributed by atoms with E-state index in [2.05, 4.69) is 11.4 Å². The molecule has 2 aromatic rings. The summed E-state index contributed by atoms with van der Waals surface area (Å²) in [6.07, 6.45) is 0. The molecule has 1 aromatic carbocycles. The Morgan fingerprint density at radius 2 is 2.17 bits per heavy atom. The third-order valence-electron chi connectivity index (χ3n) is 2.33. The van der Waals surface area contributed by atoms with Crippen LogP contribution in [0.3, 0.4) is 0 Å². The zero-order valence-corrected chi connectivity index (χ0v) is 10.4. The normalized spacial score (nSPS) is 9.89. The summed E-state index contributed by atoms with van der Waals surface area (Å²) in [5.74, 6) is 0. The number of anilines is 3. The number of hydrogen-bond donors (Lipinski definition) is 2. The van der Waals surface area contributed by atoms with E-state index in [1.165, 1.54) is 17.4 Å². The number of para-hydroxylation sites is 2. The smallest absolute Gasteiger partial charge is 0.111 e. The van der Waals surface area contributed by atoms with Crippen LogP contribution < -0.4 is 10.5 Å². The maximum atomic E-state index is 11.0. The van der Waals surface area contributed by atoms with Crippen molar-refractivity contribution in [2.45, 2.75) is 6.92 Å². The lowest BCUT2D eigenvalue weighted by molar-refractivity contribution is 0.297. The van der Waals surface area contributed by atoms with Gasteiger partial charge in [0.2, 0.25) is 0 Å². The van der Waals surface area contributed by atoms with E-state index in [9.17, 15) is 5.21 Å². The van der Waals surface area contributed by atoms with E-state index in [1.54, 1.807) is 24.3 Å². The Balaban J connectivity index is 2.37. The predicted octanol–water partition coefficient (Wildman–Crippen LogP) is 3.37. The van der Waals surface area contributed by atoms with Gasteiger partial charge in [-0.3, -0.25) is 5.21 Å². The molecule has 5 nitrogen and oxygen atoms in total. The standard InChI is InChI=1S/C12H10N3O2S/c1-8-6-9(7-13)12(18-8)14-10-4-2-3-5-11(10)15(16)17/h2-6,14,16H,1H3/q-1. The molecule has 0 saturated heterocycles. The van der Waals surface area contributed by atoms with Crippen LogP contribution in [0.25, 0.3) is 0 Å². The minimum Gasteiger partial charge on any atom is -0.733 e. The minimum absolute atomic E-state index is 0.104. The van der Waals surface area contributed by atoms with Gasteiger partial charge in [0.05, 0.1) is 16.9 Å². The average Bonchev–Trinajstić information content (AvgIpc) is 2.70. The van der Waals surface area contributed by atoms with Crippen LogP contribution in [-0.2, 0) is 0 Å². The highest BCUT2D eigenvalue weighted by molar-refractivity contribution is 7.16. The number of aryl methyl sites for hydroxylation is 1. The van der Waals surface area contributed by atoms with Crippen LogP contribution in [0, 0.1) is 23.5 Å². The fourth-order valence-corrected chi connectivity index (χ4v) is 2.43. The molecule has 0 spiro atoms. The monoisotopic (exact) mass is 260 g/mol. The fourth-order valence-electron chi connectivity index (χ4n) is 1.56. The van der Waals surface area contributed by atoms with Crippen molar-refractivity contribution in [3.05, 3.63) is 46.0 Å². The van der Waals surface area contributed by atoms with E-state index in [1.807, 2.05) is 6.92 Å². The summed E-state index contributed by atoms with van der Waals surface area (Å²) >= 11 is 1.42. The first-order valence-electron chi connectivity index (χ1n) is 5.14. The molecule has 2 N–H and O–H groups in total. The van der Waals surface area contributed by atoms with E-state index in [0.29, 0.717) is 16.3 Å². The van der Waals surface area contributed by atoms with E-state index in [-0.39, 0.29) is 10.9 Å². The molecule has 0 radical (unpaired) electrons. The van der Waals surface area contributed by atoms with Crippen molar-refractivity contribution < 1.29 is 5.21 Å². The van der Waals surface area contributed by atoms with Crippen molar-refractivity contribution in [3.63, 3.8) is 0 Å². The summed E-state index contributed by atoms with van der Waals surface area (Å²) in [6, 6.07) is 10.4. The van der Waals surface area contributed by atoms with Gasteiger partial charge < -0.3 is 15.8 Å². The third kappa shape index (κ3) is 2.43. The number of nitrogens with one attached hydrogen (secondary N) is 1. The van der Waals surface area contributed by atoms with Gasteiger partial charge in [0.15, 0.2) is 0 Å². The summed E-state index contributed by atoms with van der Waals surface area (Å²) in [6.45, 7) is 1.90. The zero-order valence-electron chi connectivity index (χ0n) is 9.54. The molecule has 1 heterocycles. The van der Waals surface area contributed by atoms with Crippen molar-refractivity contribution in [3.8, 4) is 6.07 Å². The highest BCUT2D eigenvalue weighted by Crippen LogP contribution is 2.33. The number of nitrogens with zero attached hydrogens (tertiary/aromatic N) is 2. The van der Waals surface area contributed by atoms with Crippen LogP contribution in [0.1, 0.15) is 10.4 Å². The van der Waals surface area contributed by atoms with Crippen LogP contribution in [0.5, 0.6) is 0 Å². The van der Waals surface area contributed by atoms with Gasteiger partial charge in [-0.05, 0) is 25.1 Å². The SMILES string of the molecule is Cc1cc(C#N)c(Nc2ccccc2N([O-])O)s1. The second-order valence-electron chi connectivity index (χ2n) is 3.63. The number of benzene rings is 1. The predicted molar refractivity (Wildman–Crippen MR) is 71.1 cm³/mol. The van der Waals surface area contributed by atoms with E-state index in [0.717, 1.165) is 4.88 Å². The van der Waals surface area contributed by atoms with Gasteiger partial charge in [0.25, 0.3) is 0 Å². The van der Waals surface area contributed by atoms with Crippen molar-refractivity contribution >= 4 is 27.7 Å². The lowest BCUT2D eigenvalue weighted by Crippen LogP contribution is -2.09. The molecule has 0 saturated carbocycles. The maximum absolute atomic E-state index is 11.0. The Hall–Kier alpha value is -2.07. The molecule has 0 fully saturated rings. The van der Waals surface area contributed by atoms with E-state index in [4.69, 9.17) is 10.5 Å². The van der Waals surface area contributed by atoms with Crippen LogP contribution in [0.15, 0.2) is 30.3 Å². The lowest BCUT2D eigenvalue weighted by Gasteiger charge is -2.24. The molecule has 2 rings (SSSR count). The molecular weight excluding hydrogens is 250 g/mol. The first-order chi connectivity index (χ1) is 8.61. The lowest BCUT2D eigenvalue weighted by atomic mass is 10.2. The second kappa shape index (κ2) is 5.06. The first-order valence-corrected chi connectivity index (χ1v) is 5.96. The average molecular weight is 260 g/mol. The van der Waals surface area contributed by atoms with Crippen molar-refractivity contribution in [1.82, 2.24) is 0 Å². The van der Waals surface area contributed by atoms with Crippen LogP contribution in [0.2, 0.25) is 0 Å². The number of thiophene rings is 1. The van der Waals surface area contributed by atoms with Gasteiger partial charge in [-0.25, -0.2) is 0 Å². The molecule has 0 aliphatic carbocycles. The summed E-state index contributed by atoms with van der Waals surface area (Å²) < 4.78 is 0. The second-order valence-corrected chi connectivity index (χ2v) is 4.88. The third-order valence-corrected chi connectivity index (χ3v) is 3.30. The quantitative estimate of drug-likeness (QED) is 0.827. The molecule has 6 heteroatoms. The molecule has 0 bridgehead atoms. The largest absolute Gasteiger partial charge is 0.733 e. The molecule has 0 aliphatic rings. The zero-order chi connectivity index (χ0) is 13.1. The maximum Gasteiger partial charge on any atom is 0.111 e. The molecule has 92 valence electrons. The highest BCUT2D eigenvalue weighted by atomic mass is 32.1. The van der Waals surface area contributed by atoms with Gasteiger partial charge >= 0.3 is 0 Å². The van der Waals surface area contributed by atoms with Crippen LogP contribution >= 0.6 is 11.3 Å². The topological polar surface area (TPSA) is 82.4 Å². The number of hydrogen-bond acceptors (Lipinski definition) is 6. The van der Waals surface area contributed by atoms with Gasteiger partial charge in [0.1, 0.15) is 11.1 Å². The molecule has 1 aromatic heterocycles. The van der Waals surface area contributed by atoms with Gasteiger partial charge in [0, 0.05) is 4.88 Å². The molecule has 0 atom stereocenters. The summed E-state index contributed by atoms with van der Waals surface area (Å²) in [5, 5.41) is 32.4. The number of rotatable bonds is 3. The molecular formula is C12H10N3O2S-. The molecule has 0 unspecified atom stereocenters. The van der Waals surface area contributed by atoms with Crippen molar-refractivity contribution in [1.29, 1.82) is 5.26 Å².